The third kappa shape index (κ3) is 1.70. The van der Waals surface area contributed by atoms with Crippen molar-refractivity contribution in [3.8, 4) is 0 Å². The highest BCUT2D eigenvalue weighted by molar-refractivity contribution is 5.22. The normalized spacial score (nSPS) is 21.5. The van der Waals surface area contributed by atoms with E-state index in [1.165, 1.54) is 5.57 Å². The molecule has 0 atom stereocenters. The molecule has 0 aliphatic heterocycles. The second-order valence-electron chi connectivity index (χ2n) is 2.73. The van der Waals surface area contributed by atoms with Crippen LogP contribution in [0.1, 0.15) is 13.3 Å². The zero-order chi connectivity index (χ0) is 8.32. The van der Waals surface area contributed by atoms with E-state index in [4.69, 9.17) is 9.47 Å². The fraction of sp³-hybridized carbons (Fsp3) is 0.556. The van der Waals surface area contributed by atoms with Crippen LogP contribution in [0.4, 0.5) is 0 Å². The first-order valence-corrected chi connectivity index (χ1v) is 3.69. The summed E-state index contributed by atoms with van der Waals surface area (Å²) in [5.41, 5.74) is 1.27. The van der Waals surface area contributed by atoms with Crippen LogP contribution in [0.5, 0.6) is 0 Å². The van der Waals surface area contributed by atoms with Crippen LogP contribution in [-0.2, 0) is 9.47 Å². The van der Waals surface area contributed by atoms with E-state index in [9.17, 15) is 0 Å². The molecule has 62 valence electrons. The first-order valence-electron chi connectivity index (χ1n) is 3.69. The minimum absolute atomic E-state index is 0.609. The molecule has 0 bridgehead atoms. The molecule has 0 aromatic rings. The molecule has 0 amide bonds. The van der Waals surface area contributed by atoms with Gasteiger partial charge in [-0.1, -0.05) is 11.6 Å². The largest absolute Gasteiger partial charge is 0.346 e. The van der Waals surface area contributed by atoms with E-state index in [0.29, 0.717) is 0 Å². The Balaban J connectivity index is 2.82. The van der Waals surface area contributed by atoms with Crippen LogP contribution >= 0.6 is 0 Å². The number of rotatable bonds is 2. The predicted molar refractivity (Wildman–Crippen MR) is 44.3 cm³/mol. The Morgan fingerprint density at radius 3 is 2.36 bits per heavy atom. The van der Waals surface area contributed by atoms with Gasteiger partial charge in [-0.3, -0.25) is 0 Å². The lowest BCUT2D eigenvalue weighted by Crippen LogP contribution is -2.30. The van der Waals surface area contributed by atoms with E-state index in [1.807, 2.05) is 12.2 Å². The molecule has 0 saturated carbocycles. The lowest BCUT2D eigenvalue weighted by Gasteiger charge is -2.27. The summed E-state index contributed by atoms with van der Waals surface area (Å²) < 4.78 is 10.4. The fourth-order valence-electron chi connectivity index (χ4n) is 1.20. The lowest BCUT2D eigenvalue weighted by molar-refractivity contribution is -0.134. The molecule has 2 nitrogen and oxygen atoms in total. The van der Waals surface area contributed by atoms with Crippen molar-refractivity contribution in [1.29, 1.82) is 0 Å². The summed E-state index contributed by atoms with van der Waals surface area (Å²) in [6, 6.07) is 0. The van der Waals surface area contributed by atoms with Gasteiger partial charge in [0.05, 0.1) is 0 Å². The van der Waals surface area contributed by atoms with Gasteiger partial charge in [0.1, 0.15) is 0 Å². The van der Waals surface area contributed by atoms with Crippen LogP contribution in [-0.4, -0.2) is 20.0 Å². The van der Waals surface area contributed by atoms with Crippen molar-refractivity contribution < 1.29 is 9.47 Å². The SMILES string of the molecule is COC1(OC)C=CCC(C)=C1. The maximum atomic E-state index is 5.21. The van der Waals surface area contributed by atoms with Crippen LogP contribution in [0.2, 0.25) is 0 Å². The molecule has 2 heteroatoms. The van der Waals surface area contributed by atoms with Gasteiger partial charge >= 0.3 is 0 Å². The van der Waals surface area contributed by atoms with E-state index >= 15 is 0 Å². The van der Waals surface area contributed by atoms with E-state index in [2.05, 4.69) is 13.0 Å². The Kier molecular flexibility index (Phi) is 2.47. The van der Waals surface area contributed by atoms with Gasteiger partial charge in [0.25, 0.3) is 0 Å². The summed E-state index contributed by atoms with van der Waals surface area (Å²) in [6.45, 7) is 2.07. The van der Waals surface area contributed by atoms with Gasteiger partial charge in [0, 0.05) is 14.2 Å². The molecule has 11 heavy (non-hydrogen) atoms. The summed E-state index contributed by atoms with van der Waals surface area (Å²) in [4.78, 5) is 0. The quantitative estimate of drug-likeness (QED) is 0.446. The molecule has 0 unspecified atom stereocenters. The second-order valence-corrected chi connectivity index (χ2v) is 2.73. The topological polar surface area (TPSA) is 18.5 Å². The lowest BCUT2D eigenvalue weighted by atomic mass is 10.0. The maximum Gasteiger partial charge on any atom is 0.207 e. The number of allylic oxidation sites excluding steroid dienone is 2. The fourth-order valence-corrected chi connectivity index (χ4v) is 1.20. The summed E-state index contributed by atoms with van der Waals surface area (Å²) in [5, 5.41) is 0. The van der Waals surface area contributed by atoms with Crippen molar-refractivity contribution in [1.82, 2.24) is 0 Å². The Hall–Kier alpha value is -0.600. The van der Waals surface area contributed by atoms with Crippen LogP contribution in [0.3, 0.4) is 0 Å². The van der Waals surface area contributed by atoms with Crippen LogP contribution in [0.25, 0.3) is 0 Å². The van der Waals surface area contributed by atoms with Gasteiger partial charge in [-0.25, -0.2) is 0 Å². The molecule has 1 aliphatic rings. The Labute approximate surface area is 67.5 Å². The zero-order valence-electron chi connectivity index (χ0n) is 7.26. The van der Waals surface area contributed by atoms with Gasteiger partial charge in [-0.2, -0.15) is 0 Å². The average Bonchev–Trinajstić information content (AvgIpc) is 2.04. The van der Waals surface area contributed by atoms with Crippen LogP contribution in [0.15, 0.2) is 23.8 Å². The van der Waals surface area contributed by atoms with Gasteiger partial charge in [0.2, 0.25) is 5.79 Å². The maximum absolute atomic E-state index is 5.21. The first-order chi connectivity index (χ1) is 5.22. The molecule has 0 heterocycles. The van der Waals surface area contributed by atoms with E-state index < -0.39 is 5.79 Å². The molecule has 0 spiro atoms. The Morgan fingerprint density at radius 2 is 2.00 bits per heavy atom. The zero-order valence-corrected chi connectivity index (χ0v) is 7.26. The molecule has 0 saturated heterocycles. The van der Waals surface area contributed by atoms with Crippen molar-refractivity contribution >= 4 is 0 Å². The number of hydrogen-bond donors (Lipinski definition) is 0. The molecular formula is C9H14O2. The van der Waals surface area contributed by atoms with Crippen LogP contribution < -0.4 is 0 Å². The van der Waals surface area contributed by atoms with E-state index in [0.717, 1.165) is 6.42 Å². The minimum Gasteiger partial charge on any atom is -0.346 e. The number of ether oxygens (including phenoxy) is 2. The van der Waals surface area contributed by atoms with Gasteiger partial charge in [0.15, 0.2) is 0 Å². The third-order valence-electron chi connectivity index (χ3n) is 1.88. The number of methoxy groups -OCH3 is 2. The molecule has 0 aromatic heterocycles. The monoisotopic (exact) mass is 154 g/mol. The van der Waals surface area contributed by atoms with E-state index in [1.54, 1.807) is 14.2 Å². The molecule has 0 N–H and O–H groups in total. The van der Waals surface area contributed by atoms with Gasteiger partial charge in [-0.15, -0.1) is 0 Å². The van der Waals surface area contributed by atoms with Crippen molar-refractivity contribution in [2.75, 3.05) is 14.2 Å². The smallest absolute Gasteiger partial charge is 0.207 e. The molecule has 1 aliphatic carbocycles. The van der Waals surface area contributed by atoms with Gasteiger partial charge in [-0.05, 0) is 25.5 Å². The highest BCUT2D eigenvalue weighted by Crippen LogP contribution is 2.23. The minimum atomic E-state index is -0.609. The first kappa shape index (κ1) is 8.50. The van der Waals surface area contributed by atoms with Crippen molar-refractivity contribution in [2.45, 2.75) is 19.1 Å². The van der Waals surface area contributed by atoms with Crippen molar-refractivity contribution in [3.63, 3.8) is 0 Å². The molecule has 1 rings (SSSR count). The Bertz CT molecular complexity index is 188. The number of hydrogen-bond acceptors (Lipinski definition) is 2. The third-order valence-corrected chi connectivity index (χ3v) is 1.88. The highest BCUT2D eigenvalue weighted by atomic mass is 16.7. The molecular weight excluding hydrogens is 140 g/mol. The average molecular weight is 154 g/mol. The van der Waals surface area contributed by atoms with Crippen molar-refractivity contribution in [2.24, 2.45) is 0 Å². The summed E-state index contributed by atoms with van der Waals surface area (Å²) in [5.74, 6) is -0.609. The molecule has 0 aromatic carbocycles. The van der Waals surface area contributed by atoms with Gasteiger partial charge < -0.3 is 9.47 Å². The summed E-state index contributed by atoms with van der Waals surface area (Å²) in [6.07, 6.45) is 6.98. The van der Waals surface area contributed by atoms with Crippen LogP contribution in [0, 0.1) is 0 Å². The summed E-state index contributed by atoms with van der Waals surface area (Å²) in [7, 11) is 3.28. The molecule has 0 fully saturated rings. The standard InChI is InChI=1S/C9H14O2/c1-8-5-4-6-9(7-8,10-2)11-3/h4,6-7H,5H2,1-3H3. The van der Waals surface area contributed by atoms with E-state index in [-0.39, 0.29) is 0 Å². The predicted octanol–water partition coefficient (Wildman–Crippen LogP) is 1.88. The molecule has 0 radical (unpaired) electrons. The second kappa shape index (κ2) is 3.20. The highest BCUT2D eigenvalue weighted by Gasteiger charge is 2.24. The van der Waals surface area contributed by atoms with Crippen molar-refractivity contribution in [3.05, 3.63) is 23.8 Å². The Morgan fingerprint density at radius 1 is 1.36 bits per heavy atom. The summed E-state index contributed by atoms with van der Waals surface area (Å²) >= 11 is 0.